The van der Waals surface area contributed by atoms with Gasteiger partial charge in [0.2, 0.25) is 0 Å². The molecule has 0 fully saturated rings. The van der Waals surface area contributed by atoms with Gasteiger partial charge in [0.1, 0.15) is 5.75 Å². The number of thiol groups is 1. The summed E-state index contributed by atoms with van der Waals surface area (Å²) in [7, 11) is 0. The molecule has 4 nitrogen and oxygen atoms in total. The molecule has 86 valence electrons. The highest BCUT2D eigenvalue weighted by molar-refractivity contribution is 7.80. The summed E-state index contributed by atoms with van der Waals surface area (Å²) in [6.07, 6.45) is -0.445. The van der Waals surface area contributed by atoms with E-state index < -0.39 is 6.10 Å². The monoisotopic (exact) mass is 238 g/mol. The molecule has 0 spiro atoms. The van der Waals surface area contributed by atoms with E-state index >= 15 is 0 Å². The first-order valence-corrected chi connectivity index (χ1v) is 5.63. The lowest BCUT2D eigenvalue weighted by Gasteiger charge is -2.24. The van der Waals surface area contributed by atoms with Gasteiger partial charge in [-0.1, -0.05) is 6.07 Å². The van der Waals surface area contributed by atoms with Crippen molar-refractivity contribution in [1.29, 1.82) is 0 Å². The topological polar surface area (TPSA) is 64.3 Å². The Morgan fingerprint density at radius 3 is 3.06 bits per heavy atom. The van der Waals surface area contributed by atoms with E-state index in [4.69, 9.17) is 10.5 Å². The van der Waals surface area contributed by atoms with E-state index in [1.54, 1.807) is 6.92 Å². The molecule has 0 aliphatic carbocycles. The molecule has 1 aliphatic rings. The Kier molecular flexibility index (Phi) is 3.07. The Morgan fingerprint density at radius 2 is 2.38 bits per heavy atom. The van der Waals surface area contributed by atoms with Gasteiger partial charge in [0.05, 0.1) is 5.69 Å². The fraction of sp³-hybridized carbons (Fsp3) is 0.364. The number of anilines is 1. The lowest BCUT2D eigenvalue weighted by molar-refractivity contribution is -0.122. The van der Waals surface area contributed by atoms with Crippen molar-refractivity contribution in [2.75, 3.05) is 11.9 Å². The van der Waals surface area contributed by atoms with Crippen molar-refractivity contribution < 1.29 is 9.53 Å². The predicted molar refractivity (Wildman–Crippen MR) is 65.9 cm³/mol. The van der Waals surface area contributed by atoms with Crippen molar-refractivity contribution in [1.82, 2.24) is 0 Å². The van der Waals surface area contributed by atoms with E-state index in [1.807, 2.05) is 18.2 Å². The van der Waals surface area contributed by atoms with E-state index in [-0.39, 0.29) is 11.2 Å². The molecule has 5 heteroatoms. The molecule has 1 aromatic carbocycles. The Morgan fingerprint density at radius 1 is 1.62 bits per heavy atom. The van der Waals surface area contributed by atoms with Gasteiger partial charge in [-0.2, -0.15) is 12.6 Å². The smallest absolute Gasteiger partial charge is 0.265 e. The molecule has 2 atom stereocenters. The summed E-state index contributed by atoms with van der Waals surface area (Å²) in [5, 5.41) is 2.76. The number of amides is 1. The molecule has 1 aromatic rings. The minimum absolute atomic E-state index is 0.0263. The second-order valence-corrected chi connectivity index (χ2v) is 4.38. The minimum atomic E-state index is -0.445. The van der Waals surface area contributed by atoms with Crippen LogP contribution in [0, 0.1) is 0 Å². The van der Waals surface area contributed by atoms with Crippen LogP contribution in [0.4, 0.5) is 5.69 Å². The molecule has 1 amide bonds. The number of carbonyl (C=O) groups excluding carboxylic acids is 1. The molecule has 2 unspecified atom stereocenters. The van der Waals surface area contributed by atoms with Gasteiger partial charge in [-0.25, -0.2) is 0 Å². The summed E-state index contributed by atoms with van der Waals surface area (Å²) in [5.74, 6) is 0.557. The van der Waals surface area contributed by atoms with Crippen molar-refractivity contribution in [2.45, 2.75) is 18.3 Å². The van der Waals surface area contributed by atoms with Crippen LogP contribution in [0.2, 0.25) is 0 Å². The third-order valence-corrected chi connectivity index (χ3v) is 3.05. The van der Waals surface area contributed by atoms with Crippen LogP contribution < -0.4 is 15.8 Å². The van der Waals surface area contributed by atoms with E-state index in [1.165, 1.54) is 0 Å². The quantitative estimate of drug-likeness (QED) is 0.681. The fourth-order valence-corrected chi connectivity index (χ4v) is 1.73. The van der Waals surface area contributed by atoms with Gasteiger partial charge in [0.15, 0.2) is 6.10 Å². The first kappa shape index (κ1) is 11.3. The van der Waals surface area contributed by atoms with Crippen LogP contribution in [0.1, 0.15) is 17.7 Å². The number of rotatable bonds is 2. The molecule has 0 bridgehead atoms. The number of nitrogens with one attached hydrogen (secondary N) is 1. The van der Waals surface area contributed by atoms with Gasteiger partial charge in [-0.05, 0) is 24.6 Å². The number of nitrogens with two attached hydrogens (primary N) is 1. The molecular formula is C11H14N2O2S. The van der Waals surface area contributed by atoms with Gasteiger partial charge in [0, 0.05) is 11.8 Å². The second-order valence-electron chi connectivity index (χ2n) is 3.76. The van der Waals surface area contributed by atoms with Gasteiger partial charge >= 0.3 is 0 Å². The molecule has 0 saturated heterocycles. The summed E-state index contributed by atoms with van der Waals surface area (Å²) in [6.45, 7) is 2.17. The first-order chi connectivity index (χ1) is 7.61. The van der Waals surface area contributed by atoms with E-state index in [0.29, 0.717) is 18.0 Å². The Hall–Kier alpha value is -1.20. The van der Waals surface area contributed by atoms with Gasteiger partial charge in [-0.3, -0.25) is 4.79 Å². The van der Waals surface area contributed by atoms with Crippen molar-refractivity contribution in [3.05, 3.63) is 23.8 Å². The highest BCUT2D eigenvalue weighted by atomic mass is 32.1. The lowest BCUT2D eigenvalue weighted by Crippen LogP contribution is -2.34. The fourth-order valence-electron chi connectivity index (χ4n) is 1.57. The zero-order valence-corrected chi connectivity index (χ0v) is 9.83. The maximum Gasteiger partial charge on any atom is 0.265 e. The van der Waals surface area contributed by atoms with Crippen molar-refractivity contribution in [3.63, 3.8) is 0 Å². The molecule has 1 heterocycles. The average Bonchev–Trinajstić information content (AvgIpc) is 2.29. The predicted octanol–water partition coefficient (Wildman–Crippen LogP) is 1.34. The largest absolute Gasteiger partial charge is 0.479 e. The van der Waals surface area contributed by atoms with Crippen LogP contribution in [0.15, 0.2) is 18.2 Å². The highest BCUT2D eigenvalue weighted by Gasteiger charge is 2.23. The Bertz CT molecular complexity index is 422. The molecule has 16 heavy (non-hydrogen) atoms. The third kappa shape index (κ3) is 2.01. The highest BCUT2D eigenvalue weighted by Crippen LogP contribution is 2.33. The molecule has 0 aromatic heterocycles. The van der Waals surface area contributed by atoms with E-state index in [9.17, 15) is 4.79 Å². The van der Waals surface area contributed by atoms with Crippen LogP contribution in [-0.4, -0.2) is 18.6 Å². The van der Waals surface area contributed by atoms with Crippen molar-refractivity contribution in [2.24, 2.45) is 5.73 Å². The zero-order valence-electron chi connectivity index (χ0n) is 8.93. The number of hydrogen-bond donors (Lipinski definition) is 3. The molecule has 3 N–H and O–H groups in total. The van der Waals surface area contributed by atoms with Gasteiger partial charge < -0.3 is 15.8 Å². The SMILES string of the molecule is CC1Oc2ccc(C(S)CN)cc2NC1=O. The summed E-state index contributed by atoms with van der Waals surface area (Å²) >= 11 is 4.35. The molecule has 1 aliphatic heterocycles. The number of hydrogen-bond acceptors (Lipinski definition) is 4. The van der Waals surface area contributed by atoms with Crippen molar-refractivity contribution in [3.8, 4) is 5.75 Å². The van der Waals surface area contributed by atoms with Crippen LogP contribution in [0.3, 0.4) is 0 Å². The van der Waals surface area contributed by atoms with Crippen LogP contribution in [0.5, 0.6) is 5.75 Å². The van der Waals surface area contributed by atoms with Crippen LogP contribution in [0.25, 0.3) is 0 Å². The minimum Gasteiger partial charge on any atom is -0.479 e. The maximum atomic E-state index is 11.4. The summed E-state index contributed by atoms with van der Waals surface area (Å²) in [5.41, 5.74) is 7.20. The average molecular weight is 238 g/mol. The van der Waals surface area contributed by atoms with E-state index in [0.717, 1.165) is 5.56 Å². The molecule has 0 radical (unpaired) electrons. The number of ether oxygens (including phenoxy) is 1. The molecular weight excluding hydrogens is 224 g/mol. The number of carbonyl (C=O) groups is 1. The third-order valence-electron chi connectivity index (χ3n) is 2.54. The lowest BCUT2D eigenvalue weighted by atomic mass is 10.1. The molecule has 2 rings (SSSR count). The Labute approximate surface area is 99.6 Å². The number of benzene rings is 1. The summed E-state index contributed by atoms with van der Waals surface area (Å²) < 4.78 is 5.44. The summed E-state index contributed by atoms with van der Waals surface area (Å²) in [4.78, 5) is 11.4. The standard InChI is InChI=1S/C11H14N2O2S/c1-6-11(14)13-8-4-7(10(16)5-12)2-3-9(8)15-6/h2-4,6,10,16H,5,12H2,1H3,(H,13,14). The normalized spacial score (nSPS) is 20.7. The number of fused-ring (bicyclic) bond motifs is 1. The van der Waals surface area contributed by atoms with Crippen molar-refractivity contribution >= 4 is 24.2 Å². The van der Waals surface area contributed by atoms with Gasteiger partial charge in [0.25, 0.3) is 5.91 Å². The van der Waals surface area contributed by atoms with Crippen LogP contribution >= 0.6 is 12.6 Å². The second kappa shape index (κ2) is 4.35. The van der Waals surface area contributed by atoms with Crippen LogP contribution in [-0.2, 0) is 4.79 Å². The zero-order chi connectivity index (χ0) is 11.7. The maximum absolute atomic E-state index is 11.4. The molecule has 0 saturated carbocycles. The van der Waals surface area contributed by atoms with Gasteiger partial charge in [-0.15, -0.1) is 0 Å². The first-order valence-electron chi connectivity index (χ1n) is 5.11. The Balaban J connectivity index is 2.32. The van der Waals surface area contributed by atoms with E-state index in [2.05, 4.69) is 17.9 Å². The summed E-state index contributed by atoms with van der Waals surface area (Å²) in [6, 6.07) is 5.59.